The van der Waals surface area contributed by atoms with Gasteiger partial charge in [0, 0.05) is 17.6 Å². The van der Waals surface area contributed by atoms with Gasteiger partial charge >= 0.3 is 0 Å². The fraction of sp³-hybridized carbons (Fsp3) is 0.333. The normalized spacial score (nSPS) is 10.2. The molecular weight excluding hydrogens is 232 g/mol. The SMILES string of the molecule is CCNc1cccc(NCc2ncc(C)s2)n1. The molecule has 0 saturated heterocycles. The molecule has 17 heavy (non-hydrogen) atoms. The van der Waals surface area contributed by atoms with E-state index in [2.05, 4.69) is 34.4 Å². The van der Waals surface area contributed by atoms with E-state index in [0.717, 1.165) is 29.7 Å². The van der Waals surface area contributed by atoms with Crippen LogP contribution in [0.5, 0.6) is 0 Å². The molecule has 90 valence electrons. The lowest BCUT2D eigenvalue weighted by molar-refractivity contribution is 1.07. The molecule has 0 aliphatic carbocycles. The Morgan fingerprint density at radius 2 is 2.00 bits per heavy atom. The first-order valence-corrected chi connectivity index (χ1v) is 6.45. The third-order valence-electron chi connectivity index (χ3n) is 2.20. The third-order valence-corrected chi connectivity index (χ3v) is 3.11. The molecule has 0 aliphatic rings. The quantitative estimate of drug-likeness (QED) is 0.854. The van der Waals surface area contributed by atoms with Crippen LogP contribution in [0.15, 0.2) is 24.4 Å². The van der Waals surface area contributed by atoms with Crippen LogP contribution < -0.4 is 10.6 Å². The van der Waals surface area contributed by atoms with Crippen LogP contribution in [0.1, 0.15) is 16.8 Å². The molecule has 5 heteroatoms. The summed E-state index contributed by atoms with van der Waals surface area (Å²) in [6.45, 7) is 5.72. The van der Waals surface area contributed by atoms with Crippen LogP contribution in [0.3, 0.4) is 0 Å². The van der Waals surface area contributed by atoms with Gasteiger partial charge in [-0.25, -0.2) is 9.97 Å². The summed E-state index contributed by atoms with van der Waals surface area (Å²) in [6.07, 6.45) is 1.89. The Bertz CT molecular complexity index is 481. The van der Waals surface area contributed by atoms with Crippen molar-refractivity contribution in [2.75, 3.05) is 17.2 Å². The zero-order chi connectivity index (χ0) is 12.1. The van der Waals surface area contributed by atoms with Gasteiger partial charge in [-0.3, -0.25) is 0 Å². The molecular formula is C12H16N4S. The molecule has 0 radical (unpaired) electrons. The number of hydrogen-bond donors (Lipinski definition) is 2. The Hall–Kier alpha value is -1.62. The molecule has 0 saturated carbocycles. The third kappa shape index (κ3) is 3.42. The Balaban J connectivity index is 1.96. The molecule has 2 aromatic heterocycles. The van der Waals surface area contributed by atoms with Crippen molar-refractivity contribution in [1.29, 1.82) is 0 Å². The summed E-state index contributed by atoms with van der Waals surface area (Å²) in [5.74, 6) is 1.77. The second-order valence-electron chi connectivity index (χ2n) is 3.66. The summed E-state index contributed by atoms with van der Waals surface area (Å²) in [5, 5.41) is 7.54. The first-order valence-electron chi connectivity index (χ1n) is 5.64. The molecule has 0 atom stereocenters. The molecule has 2 heterocycles. The van der Waals surface area contributed by atoms with E-state index in [0.29, 0.717) is 0 Å². The fourth-order valence-corrected chi connectivity index (χ4v) is 2.19. The molecule has 4 nitrogen and oxygen atoms in total. The van der Waals surface area contributed by atoms with Gasteiger partial charge in [-0.1, -0.05) is 6.07 Å². The topological polar surface area (TPSA) is 49.8 Å². The average molecular weight is 248 g/mol. The maximum absolute atomic E-state index is 4.44. The van der Waals surface area contributed by atoms with Gasteiger partial charge < -0.3 is 10.6 Å². The molecule has 0 spiro atoms. The second kappa shape index (κ2) is 5.63. The zero-order valence-corrected chi connectivity index (χ0v) is 10.8. The number of nitrogens with one attached hydrogen (secondary N) is 2. The van der Waals surface area contributed by atoms with E-state index < -0.39 is 0 Å². The number of rotatable bonds is 5. The summed E-state index contributed by atoms with van der Waals surface area (Å²) in [4.78, 5) is 9.97. The largest absolute Gasteiger partial charge is 0.370 e. The van der Waals surface area contributed by atoms with Crippen LogP contribution in [0.4, 0.5) is 11.6 Å². The number of nitrogens with zero attached hydrogens (tertiary/aromatic N) is 2. The highest BCUT2D eigenvalue weighted by Crippen LogP contribution is 2.14. The predicted molar refractivity (Wildman–Crippen MR) is 72.6 cm³/mol. The Morgan fingerprint density at radius 3 is 2.65 bits per heavy atom. The lowest BCUT2D eigenvalue weighted by Crippen LogP contribution is -2.04. The van der Waals surface area contributed by atoms with Crippen molar-refractivity contribution in [3.8, 4) is 0 Å². The molecule has 0 unspecified atom stereocenters. The van der Waals surface area contributed by atoms with Gasteiger partial charge in [0.1, 0.15) is 16.6 Å². The predicted octanol–water partition coefficient (Wildman–Crippen LogP) is 2.89. The first-order chi connectivity index (χ1) is 8.28. The maximum Gasteiger partial charge on any atom is 0.128 e. The average Bonchev–Trinajstić information content (AvgIpc) is 2.74. The standard InChI is InChI=1S/C12H16N4S/c1-3-13-10-5-4-6-11(16-10)14-8-12-15-7-9(2)17-12/h4-7H,3,8H2,1-2H3,(H2,13,14,16). The van der Waals surface area contributed by atoms with E-state index in [9.17, 15) is 0 Å². The molecule has 0 aliphatic heterocycles. The van der Waals surface area contributed by atoms with Crippen LogP contribution in [-0.2, 0) is 6.54 Å². The number of anilines is 2. The smallest absolute Gasteiger partial charge is 0.128 e. The summed E-state index contributed by atoms with van der Waals surface area (Å²) < 4.78 is 0. The van der Waals surface area contributed by atoms with Crippen LogP contribution in [-0.4, -0.2) is 16.5 Å². The number of thiazole rings is 1. The molecule has 2 rings (SSSR count). The van der Waals surface area contributed by atoms with E-state index >= 15 is 0 Å². The second-order valence-corrected chi connectivity index (χ2v) is 4.98. The van der Waals surface area contributed by atoms with E-state index in [4.69, 9.17) is 0 Å². The number of pyridine rings is 1. The van der Waals surface area contributed by atoms with E-state index in [-0.39, 0.29) is 0 Å². The lowest BCUT2D eigenvalue weighted by Gasteiger charge is -2.06. The van der Waals surface area contributed by atoms with Gasteiger partial charge in [0.05, 0.1) is 6.54 Å². The summed E-state index contributed by atoms with van der Waals surface area (Å²) in [7, 11) is 0. The van der Waals surface area contributed by atoms with Gasteiger partial charge in [0.15, 0.2) is 0 Å². The fourth-order valence-electron chi connectivity index (χ4n) is 1.46. The molecule has 0 bridgehead atoms. The Morgan fingerprint density at radius 1 is 1.24 bits per heavy atom. The van der Waals surface area contributed by atoms with Gasteiger partial charge in [-0.15, -0.1) is 11.3 Å². The highest BCUT2D eigenvalue weighted by molar-refractivity contribution is 7.11. The molecule has 2 N–H and O–H groups in total. The first kappa shape index (κ1) is 11.9. The Kier molecular flexibility index (Phi) is 3.93. The van der Waals surface area contributed by atoms with Crippen LogP contribution in [0, 0.1) is 6.92 Å². The molecule has 0 aromatic carbocycles. The summed E-state index contributed by atoms with van der Waals surface area (Å²) in [6, 6.07) is 5.91. The molecule has 0 fully saturated rings. The minimum Gasteiger partial charge on any atom is -0.370 e. The van der Waals surface area contributed by atoms with Crippen molar-refractivity contribution in [3.05, 3.63) is 34.3 Å². The van der Waals surface area contributed by atoms with Crippen molar-refractivity contribution in [2.24, 2.45) is 0 Å². The lowest BCUT2D eigenvalue weighted by atomic mass is 10.4. The highest BCUT2D eigenvalue weighted by atomic mass is 32.1. The van der Waals surface area contributed by atoms with E-state index in [1.807, 2.05) is 24.4 Å². The van der Waals surface area contributed by atoms with Gasteiger partial charge in [0.2, 0.25) is 0 Å². The zero-order valence-electron chi connectivity index (χ0n) is 10.0. The number of aryl methyl sites for hydroxylation is 1. The van der Waals surface area contributed by atoms with Crippen LogP contribution in [0.2, 0.25) is 0 Å². The van der Waals surface area contributed by atoms with Crippen LogP contribution in [0.25, 0.3) is 0 Å². The van der Waals surface area contributed by atoms with E-state index in [1.165, 1.54) is 4.88 Å². The van der Waals surface area contributed by atoms with Gasteiger partial charge in [0.25, 0.3) is 0 Å². The minimum atomic E-state index is 0.723. The summed E-state index contributed by atoms with van der Waals surface area (Å²) >= 11 is 1.70. The highest BCUT2D eigenvalue weighted by Gasteiger charge is 2.00. The van der Waals surface area contributed by atoms with Crippen LogP contribution >= 0.6 is 11.3 Å². The maximum atomic E-state index is 4.44. The number of aromatic nitrogens is 2. The van der Waals surface area contributed by atoms with Crippen molar-refractivity contribution in [1.82, 2.24) is 9.97 Å². The summed E-state index contributed by atoms with van der Waals surface area (Å²) in [5.41, 5.74) is 0. The van der Waals surface area contributed by atoms with Gasteiger partial charge in [-0.2, -0.15) is 0 Å². The molecule has 2 aromatic rings. The minimum absolute atomic E-state index is 0.723. The van der Waals surface area contributed by atoms with Crippen molar-refractivity contribution >= 4 is 23.0 Å². The van der Waals surface area contributed by atoms with Crippen molar-refractivity contribution in [3.63, 3.8) is 0 Å². The van der Waals surface area contributed by atoms with Crippen molar-refractivity contribution in [2.45, 2.75) is 20.4 Å². The van der Waals surface area contributed by atoms with E-state index in [1.54, 1.807) is 11.3 Å². The Labute approximate surface area is 105 Å². The van der Waals surface area contributed by atoms with Crippen molar-refractivity contribution < 1.29 is 0 Å². The van der Waals surface area contributed by atoms with Gasteiger partial charge in [-0.05, 0) is 26.0 Å². The molecule has 0 amide bonds. The monoisotopic (exact) mass is 248 g/mol. The number of hydrogen-bond acceptors (Lipinski definition) is 5.